The monoisotopic (exact) mass is 456 g/mol. The number of esters is 1. The fourth-order valence-electron chi connectivity index (χ4n) is 2.71. The van der Waals surface area contributed by atoms with Gasteiger partial charge in [0.05, 0.1) is 12.2 Å². The smallest absolute Gasteiger partial charge is 0.349 e. The van der Waals surface area contributed by atoms with Gasteiger partial charge in [-0.3, -0.25) is 9.59 Å². The Hall–Kier alpha value is -2.88. The van der Waals surface area contributed by atoms with E-state index in [1.54, 1.807) is 6.07 Å². The first-order valence-electron chi connectivity index (χ1n) is 9.71. The molecule has 10 heteroatoms. The number of nitrogens with one attached hydrogen (secondary N) is 2. The number of anilines is 1. The molecule has 2 amide bonds. The van der Waals surface area contributed by atoms with Gasteiger partial charge in [-0.2, -0.15) is 0 Å². The lowest BCUT2D eigenvalue weighted by Crippen LogP contribution is -2.40. The lowest BCUT2D eigenvalue weighted by Gasteiger charge is -2.13. The maximum atomic E-state index is 13.6. The van der Waals surface area contributed by atoms with Crippen molar-refractivity contribution >= 4 is 34.8 Å². The van der Waals surface area contributed by atoms with Crippen molar-refractivity contribution in [1.82, 2.24) is 5.32 Å². The molecule has 0 aliphatic carbocycles. The van der Waals surface area contributed by atoms with E-state index < -0.39 is 53.6 Å². The second-order valence-electron chi connectivity index (χ2n) is 6.70. The highest BCUT2D eigenvalue weighted by molar-refractivity contribution is 7.14. The summed E-state index contributed by atoms with van der Waals surface area (Å²) in [5, 5.41) is 4.26. The molecule has 2 rings (SSSR count). The number of rotatable bonds is 9. The van der Waals surface area contributed by atoms with Gasteiger partial charge in [-0.1, -0.05) is 20.3 Å². The molecule has 0 saturated heterocycles. The average molecular weight is 456 g/mol. The number of benzene rings is 1. The Labute approximate surface area is 181 Å². The van der Waals surface area contributed by atoms with Crippen LogP contribution in [0.1, 0.15) is 47.3 Å². The maximum Gasteiger partial charge on any atom is 0.349 e. The van der Waals surface area contributed by atoms with Crippen molar-refractivity contribution in [3.63, 3.8) is 0 Å². The molecule has 1 heterocycles. The highest BCUT2D eigenvalue weighted by Gasteiger charge is 2.22. The molecular formula is C21H23F3N2O4S. The summed E-state index contributed by atoms with van der Waals surface area (Å²) in [4.78, 5) is 37.8. The number of ether oxygens (including phenoxy) is 1. The Morgan fingerprint density at radius 2 is 1.84 bits per heavy atom. The SMILES string of the molecule is CCCc1sc(C(=O)OC(C)C(=O)NCC(=O)Nc2ccc(F)c(F)c2F)cc1CC. The van der Waals surface area contributed by atoms with Crippen molar-refractivity contribution in [3.8, 4) is 0 Å². The van der Waals surface area contributed by atoms with Crippen LogP contribution in [-0.4, -0.2) is 30.4 Å². The molecule has 0 spiro atoms. The molecule has 1 aromatic carbocycles. The standard InChI is InChI=1S/C21H23F3N2O4S/c1-4-6-15-12(5-2)9-16(31-15)21(29)30-11(3)20(28)25-10-17(27)26-14-8-7-13(22)18(23)19(14)24/h7-9,11H,4-6,10H2,1-3H3,(H,25,28)(H,26,27). The van der Waals surface area contributed by atoms with Crippen LogP contribution in [-0.2, 0) is 27.2 Å². The molecule has 1 aromatic heterocycles. The number of amides is 2. The predicted molar refractivity (Wildman–Crippen MR) is 111 cm³/mol. The first kappa shape index (κ1) is 24.4. The number of aryl methyl sites for hydroxylation is 2. The van der Waals surface area contributed by atoms with Crippen LogP contribution in [0.25, 0.3) is 0 Å². The molecule has 2 aromatic rings. The van der Waals surface area contributed by atoms with E-state index in [1.807, 2.05) is 19.2 Å². The minimum atomic E-state index is -1.72. The second-order valence-corrected chi connectivity index (χ2v) is 7.84. The summed E-state index contributed by atoms with van der Waals surface area (Å²) in [5.74, 6) is -6.91. The highest BCUT2D eigenvalue weighted by atomic mass is 32.1. The summed E-state index contributed by atoms with van der Waals surface area (Å²) in [7, 11) is 0. The summed E-state index contributed by atoms with van der Waals surface area (Å²) in [6.07, 6.45) is 1.40. The fourth-order valence-corrected chi connectivity index (χ4v) is 3.94. The number of carbonyl (C=O) groups is 3. The molecule has 6 nitrogen and oxygen atoms in total. The molecular weight excluding hydrogens is 433 g/mol. The third-order valence-corrected chi connectivity index (χ3v) is 5.56. The maximum absolute atomic E-state index is 13.6. The Morgan fingerprint density at radius 3 is 2.48 bits per heavy atom. The molecule has 0 bridgehead atoms. The first-order chi connectivity index (χ1) is 14.7. The lowest BCUT2D eigenvalue weighted by molar-refractivity contribution is -0.130. The van der Waals surface area contributed by atoms with Crippen LogP contribution in [0, 0.1) is 17.5 Å². The molecule has 31 heavy (non-hydrogen) atoms. The molecule has 0 aliphatic heterocycles. The van der Waals surface area contributed by atoms with E-state index in [-0.39, 0.29) is 0 Å². The van der Waals surface area contributed by atoms with Gasteiger partial charge < -0.3 is 15.4 Å². The van der Waals surface area contributed by atoms with Gasteiger partial charge in [0.25, 0.3) is 5.91 Å². The number of halogens is 3. The Morgan fingerprint density at radius 1 is 1.13 bits per heavy atom. The van der Waals surface area contributed by atoms with Crippen molar-refractivity contribution in [1.29, 1.82) is 0 Å². The minimum absolute atomic E-state index is 0.395. The number of hydrogen-bond donors (Lipinski definition) is 2. The Balaban J connectivity index is 1.89. The van der Waals surface area contributed by atoms with Gasteiger partial charge in [-0.15, -0.1) is 11.3 Å². The van der Waals surface area contributed by atoms with Crippen LogP contribution in [0.4, 0.5) is 18.9 Å². The molecule has 168 valence electrons. The van der Waals surface area contributed by atoms with Gasteiger partial charge in [0, 0.05) is 4.88 Å². The van der Waals surface area contributed by atoms with Gasteiger partial charge in [0.2, 0.25) is 5.91 Å². The van der Waals surface area contributed by atoms with Gasteiger partial charge in [-0.25, -0.2) is 18.0 Å². The lowest BCUT2D eigenvalue weighted by atomic mass is 10.1. The van der Waals surface area contributed by atoms with Gasteiger partial charge in [0.1, 0.15) is 4.88 Å². The molecule has 0 saturated carbocycles. The first-order valence-corrected chi connectivity index (χ1v) is 10.5. The van der Waals surface area contributed by atoms with Crippen molar-refractivity contribution < 1.29 is 32.3 Å². The topological polar surface area (TPSA) is 84.5 Å². The van der Waals surface area contributed by atoms with Crippen LogP contribution in [0.3, 0.4) is 0 Å². The highest BCUT2D eigenvalue weighted by Crippen LogP contribution is 2.25. The van der Waals surface area contributed by atoms with Crippen LogP contribution in [0.2, 0.25) is 0 Å². The van der Waals surface area contributed by atoms with Crippen molar-refractivity contribution in [3.05, 3.63) is 51.0 Å². The summed E-state index contributed by atoms with van der Waals surface area (Å²) in [6.45, 7) is 4.80. The fraction of sp³-hybridized carbons (Fsp3) is 0.381. The van der Waals surface area contributed by atoms with E-state index in [9.17, 15) is 27.6 Å². The number of thiophene rings is 1. The largest absolute Gasteiger partial charge is 0.448 e. The van der Waals surface area contributed by atoms with Crippen molar-refractivity contribution in [2.45, 2.75) is 46.1 Å². The zero-order valence-electron chi connectivity index (χ0n) is 17.3. The predicted octanol–water partition coefficient (Wildman–Crippen LogP) is 3.98. The number of carbonyl (C=O) groups excluding carboxylic acids is 3. The summed E-state index contributed by atoms with van der Waals surface area (Å²) >= 11 is 1.33. The average Bonchev–Trinajstić information content (AvgIpc) is 3.15. The zero-order valence-corrected chi connectivity index (χ0v) is 18.1. The molecule has 2 N–H and O–H groups in total. The van der Waals surface area contributed by atoms with E-state index in [0.717, 1.165) is 35.8 Å². The molecule has 1 atom stereocenters. The van der Waals surface area contributed by atoms with Crippen LogP contribution < -0.4 is 10.6 Å². The molecule has 0 radical (unpaired) electrons. The summed E-state index contributed by atoms with van der Waals surface area (Å²) < 4.78 is 44.9. The molecule has 0 aliphatic rings. The third kappa shape index (κ3) is 6.30. The van der Waals surface area contributed by atoms with E-state index >= 15 is 0 Å². The third-order valence-electron chi connectivity index (χ3n) is 4.34. The van der Waals surface area contributed by atoms with Crippen LogP contribution in [0.5, 0.6) is 0 Å². The Kier molecular flexibility index (Phi) is 8.61. The second kappa shape index (κ2) is 10.9. The van der Waals surface area contributed by atoms with Gasteiger partial charge >= 0.3 is 5.97 Å². The van der Waals surface area contributed by atoms with E-state index in [4.69, 9.17) is 4.74 Å². The zero-order chi connectivity index (χ0) is 23.1. The summed E-state index contributed by atoms with van der Waals surface area (Å²) in [5.41, 5.74) is 0.502. The van der Waals surface area contributed by atoms with E-state index in [0.29, 0.717) is 10.9 Å². The molecule has 1 unspecified atom stereocenters. The normalized spacial score (nSPS) is 11.7. The summed E-state index contributed by atoms with van der Waals surface area (Å²) in [6, 6.07) is 3.28. The van der Waals surface area contributed by atoms with Crippen LogP contribution >= 0.6 is 11.3 Å². The van der Waals surface area contributed by atoms with E-state index in [1.165, 1.54) is 18.3 Å². The van der Waals surface area contributed by atoms with Gasteiger partial charge in [0.15, 0.2) is 23.6 Å². The van der Waals surface area contributed by atoms with Crippen LogP contribution in [0.15, 0.2) is 18.2 Å². The molecule has 0 fully saturated rings. The van der Waals surface area contributed by atoms with Crippen molar-refractivity contribution in [2.75, 3.05) is 11.9 Å². The Bertz CT molecular complexity index is 978. The number of hydrogen-bond acceptors (Lipinski definition) is 5. The quantitative estimate of drug-likeness (QED) is 0.442. The minimum Gasteiger partial charge on any atom is -0.448 e. The van der Waals surface area contributed by atoms with E-state index in [2.05, 4.69) is 5.32 Å². The van der Waals surface area contributed by atoms with Gasteiger partial charge in [-0.05, 0) is 43.5 Å². The van der Waals surface area contributed by atoms with Crippen molar-refractivity contribution in [2.24, 2.45) is 0 Å².